The summed E-state index contributed by atoms with van der Waals surface area (Å²) in [6.07, 6.45) is 5.72. The molecule has 2 aliphatic rings. The molecule has 2 fully saturated rings. The minimum Gasteiger partial charge on any atom is -0.394 e. The highest BCUT2D eigenvalue weighted by Crippen LogP contribution is 2.35. The van der Waals surface area contributed by atoms with Crippen LogP contribution in [0.1, 0.15) is 32.1 Å². The van der Waals surface area contributed by atoms with Crippen LogP contribution in [0.4, 0.5) is 0 Å². The van der Waals surface area contributed by atoms with Gasteiger partial charge in [0.2, 0.25) is 0 Å². The fraction of sp³-hybridized carbons (Fsp3) is 1.00. The zero-order valence-corrected chi connectivity index (χ0v) is 10.6. The molecule has 0 radical (unpaired) electrons. The van der Waals surface area contributed by atoms with Crippen LogP contribution < -0.4 is 0 Å². The molecule has 4 heteroatoms. The number of hydrogen-bond acceptors (Lipinski definition) is 4. The third-order valence-corrected chi connectivity index (χ3v) is 4.20. The zero-order valence-electron chi connectivity index (χ0n) is 10.6. The maximum Gasteiger partial charge on any atom is 0.0698 e. The van der Waals surface area contributed by atoms with Gasteiger partial charge < -0.3 is 14.9 Å². The van der Waals surface area contributed by atoms with Gasteiger partial charge in [0, 0.05) is 18.5 Å². The van der Waals surface area contributed by atoms with Gasteiger partial charge in [0.15, 0.2) is 0 Å². The number of rotatable bonds is 6. The highest BCUT2D eigenvalue weighted by atomic mass is 16.5. The third kappa shape index (κ3) is 3.41. The average molecular weight is 243 g/mol. The minimum absolute atomic E-state index is 0.0843. The van der Waals surface area contributed by atoms with Crippen LogP contribution in [0.15, 0.2) is 0 Å². The van der Waals surface area contributed by atoms with Crippen LogP contribution >= 0.6 is 0 Å². The lowest BCUT2D eigenvalue weighted by atomic mass is 9.94. The molecule has 2 rings (SSSR count). The average Bonchev–Trinajstić information content (AvgIpc) is 2.93. The molecule has 1 saturated carbocycles. The molecule has 1 heterocycles. The maximum absolute atomic E-state index is 9.99. The Kier molecular flexibility index (Phi) is 5.22. The summed E-state index contributed by atoms with van der Waals surface area (Å²) >= 11 is 0. The topological polar surface area (TPSA) is 52.9 Å². The van der Waals surface area contributed by atoms with Gasteiger partial charge in [-0.15, -0.1) is 0 Å². The monoisotopic (exact) mass is 243 g/mol. The van der Waals surface area contributed by atoms with E-state index in [0.29, 0.717) is 25.2 Å². The summed E-state index contributed by atoms with van der Waals surface area (Å²) in [5.41, 5.74) is 0. The van der Waals surface area contributed by atoms with Crippen LogP contribution in [0.3, 0.4) is 0 Å². The molecule has 0 aromatic carbocycles. The van der Waals surface area contributed by atoms with Crippen LogP contribution in [-0.2, 0) is 4.74 Å². The molecule has 1 saturated heterocycles. The largest absolute Gasteiger partial charge is 0.394 e. The molecule has 100 valence electrons. The summed E-state index contributed by atoms with van der Waals surface area (Å²) in [7, 11) is 0. The van der Waals surface area contributed by atoms with Gasteiger partial charge in [-0.25, -0.2) is 0 Å². The van der Waals surface area contributed by atoms with Crippen molar-refractivity contribution in [2.24, 2.45) is 5.92 Å². The van der Waals surface area contributed by atoms with E-state index in [1.54, 1.807) is 0 Å². The summed E-state index contributed by atoms with van der Waals surface area (Å²) in [6.45, 7) is 3.31. The molecule has 0 bridgehead atoms. The lowest BCUT2D eigenvalue weighted by Crippen LogP contribution is -2.40. The van der Waals surface area contributed by atoms with Gasteiger partial charge >= 0.3 is 0 Å². The first-order chi connectivity index (χ1) is 8.33. The Morgan fingerprint density at radius 1 is 1.12 bits per heavy atom. The predicted octanol–water partition coefficient (Wildman–Crippen LogP) is 0.621. The summed E-state index contributed by atoms with van der Waals surface area (Å²) in [5, 5.41) is 18.6. The highest BCUT2D eigenvalue weighted by molar-refractivity contribution is 4.91. The summed E-state index contributed by atoms with van der Waals surface area (Å²) in [5.74, 6) is 0.482. The summed E-state index contributed by atoms with van der Waals surface area (Å²) < 4.78 is 5.33. The maximum atomic E-state index is 9.99. The quantitative estimate of drug-likeness (QED) is 0.672. The standard InChI is InChI=1S/C13H25NO3/c15-8-10-17-9-7-14-6-2-4-12(14)11-3-1-5-13(11)16/h11-13,15-16H,1-10H2. The van der Waals surface area contributed by atoms with Crippen LogP contribution in [0, 0.1) is 5.92 Å². The number of likely N-dealkylation sites (tertiary alicyclic amines) is 1. The number of hydrogen-bond donors (Lipinski definition) is 2. The molecule has 0 spiro atoms. The van der Waals surface area contributed by atoms with Crippen molar-refractivity contribution in [1.29, 1.82) is 0 Å². The number of aliphatic hydroxyl groups excluding tert-OH is 2. The molecular formula is C13H25NO3. The van der Waals surface area contributed by atoms with Crippen molar-refractivity contribution in [3.8, 4) is 0 Å². The normalized spacial score (nSPS) is 34.6. The predicted molar refractivity (Wildman–Crippen MR) is 65.8 cm³/mol. The van der Waals surface area contributed by atoms with Gasteiger partial charge in [-0.3, -0.25) is 4.90 Å². The van der Waals surface area contributed by atoms with E-state index in [4.69, 9.17) is 9.84 Å². The van der Waals surface area contributed by atoms with E-state index in [9.17, 15) is 5.11 Å². The van der Waals surface area contributed by atoms with Crippen molar-refractivity contribution >= 4 is 0 Å². The van der Waals surface area contributed by atoms with Crippen molar-refractivity contribution in [3.63, 3.8) is 0 Å². The Bertz CT molecular complexity index is 225. The van der Waals surface area contributed by atoms with E-state index in [0.717, 1.165) is 19.5 Å². The lowest BCUT2D eigenvalue weighted by molar-refractivity contribution is 0.0435. The Labute approximate surface area is 104 Å². The van der Waals surface area contributed by atoms with Crippen molar-refractivity contribution in [2.45, 2.75) is 44.2 Å². The molecule has 3 unspecified atom stereocenters. The van der Waals surface area contributed by atoms with Gasteiger partial charge in [0.05, 0.1) is 25.9 Å². The van der Waals surface area contributed by atoms with Crippen molar-refractivity contribution < 1.29 is 14.9 Å². The first-order valence-electron chi connectivity index (χ1n) is 6.93. The first kappa shape index (κ1) is 13.3. The molecule has 2 N–H and O–H groups in total. The summed E-state index contributed by atoms with van der Waals surface area (Å²) in [6, 6.07) is 0.560. The molecule has 0 aromatic heterocycles. The van der Waals surface area contributed by atoms with E-state index >= 15 is 0 Å². The van der Waals surface area contributed by atoms with Crippen LogP contribution in [0.25, 0.3) is 0 Å². The second-order valence-electron chi connectivity index (χ2n) is 5.24. The third-order valence-electron chi connectivity index (χ3n) is 4.20. The first-order valence-corrected chi connectivity index (χ1v) is 6.93. The lowest BCUT2D eigenvalue weighted by Gasteiger charge is -2.31. The van der Waals surface area contributed by atoms with Crippen LogP contribution in [0.2, 0.25) is 0 Å². The van der Waals surface area contributed by atoms with Crippen LogP contribution in [0.5, 0.6) is 0 Å². The summed E-state index contributed by atoms with van der Waals surface area (Å²) in [4.78, 5) is 2.47. The Hall–Kier alpha value is -0.160. The molecule has 0 amide bonds. The van der Waals surface area contributed by atoms with Crippen LogP contribution in [-0.4, -0.2) is 60.2 Å². The highest BCUT2D eigenvalue weighted by Gasteiger charge is 2.37. The SMILES string of the molecule is OCCOCCN1CCCC1C1CCCC1O. The second kappa shape index (κ2) is 6.69. The van der Waals surface area contributed by atoms with Gasteiger partial charge in [-0.05, 0) is 32.2 Å². The van der Waals surface area contributed by atoms with Crippen molar-refractivity contribution in [2.75, 3.05) is 32.9 Å². The molecule has 4 nitrogen and oxygen atoms in total. The Balaban J connectivity index is 1.76. The van der Waals surface area contributed by atoms with Crippen molar-refractivity contribution in [1.82, 2.24) is 4.90 Å². The molecule has 17 heavy (non-hydrogen) atoms. The molecule has 1 aliphatic heterocycles. The van der Waals surface area contributed by atoms with E-state index < -0.39 is 0 Å². The van der Waals surface area contributed by atoms with E-state index in [1.807, 2.05) is 0 Å². The second-order valence-corrected chi connectivity index (χ2v) is 5.24. The van der Waals surface area contributed by atoms with Gasteiger partial charge in [-0.1, -0.05) is 6.42 Å². The Morgan fingerprint density at radius 3 is 2.71 bits per heavy atom. The van der Waals surface area contributed by atoms with Gasteiger partial charge in [-0.2, -0.15) is 0 Å². The zero-order chi connectivity index (χ0) is 12.1. The molecular weight excluding hydrogens is 218 g/mol. The smallest absolute Gasteiger partial charge is 0.0698 e. The number of ether oxygens (including phenoxy) is 1. The van der Waals surface area contributed by atoms with Gasteiger partial charge in [0.25, 0.3) is 0 Å². The molecule has 0 aromatic rings. The number of nitrogens with zero attached hydrogens (tertiary/aromatic N) is 1. The van der Waals surface area contributed by atoms with Crippen molar-refractivity contribution in [3.05, 3.63) is 0 Å². The minimum atomic E-state index is -0.0843. The van der Waals surface area contributed by atoms with E-state index in [-0.39, 0.29) is 12.7 Å². The van der Waals surface area contributed by atoms with Gasteiger partial charge in [0.1, 0.15) is 0 Å². The fourth-order valence-electron chi connectivity index (χ4n) is 3.38. The fourth-order valence-corrected chi connectivity index (χ4v) is 3.38. The molecule has 1 aliphatic carbocycles. The van der Waals surface area contributed by atoms with E-state index in [2.05, 4.69) is 4.90 Å². The number of aliphatic hydroxyl groups is 2. The van der Waals surface area contributed by atoms with E-state index in [1.165, 1.54) is 25.7 Å². The molecule has 3 atom stereocenters. The Morgan fingerprint density at radius 2 is 2.00 bits per heavy atom.